The maximum Gasteiger partial charge on any atom is 0.137 e. The van der Waals surface area contributed by atoms with Crippen molar-refractivity contribution in [2.45, 2.75) is 19.4 Å². The van der Waals surface area contributed by atoms with Crippen LogP contribution in [0.15, 0.2) is 42.7 Å². The van der Waals surface area contributed by atoms with E-state index in [1.54, 1.807) is 7.11 Å². The molecule has 0 saturated heterocycles. The number of hydrogen-bond acceptors (Lipinski definition) is 3. The molecule has 0 amide bonds. The van der Waals surface area contributed by atoms with Gasteiger partial charge in [0.25, 0.3) is 0 Å². The summed E-state index contributed by atoms with van der Waals surface area (Å²) in [7, 11) is 1.67. The Morgan fingerprint density at radius 3 is 2.91 bits per heavy atom. The molecule has 22 heavy (non-hydrogen) atoms. The minimum Gasteiger partial charge on any atom is -0.383 e. The van der Waals surface area contributed by atoms with Crippen molar-refractivity contribution in [3.63, 3.8) is 0 Å². The zero-order valence-corrected chi connectivity index (χ0v) is 13.0. The van der Waals surface area contributed by atoms with Crippen LogP contribution in [-0.2, 0) is 11.2 Å². The summed E-state index contributed by atoms with van der Waals surface area (Å²) in [6, 6.07) is 10.4. The summed E-state index contributed by atoms with van der Waals surface area (Å²) in [5.41, 5.74) is 11.7. The Bertz CT molecular complexity index is 779. The normalized spacial score (nSPS) is 12.7. The van der Waals surface area contributed by atoms with Crippen molar-refractivity contribution in [2.24, 2.45) is 5.73 Å². The number of benzene rings is 1. The SMILES string of the molecule is CCc1c[nH]c2ncc(-c3cccc(C(N)COC)c3)cc12. The number of ether oxygens (including phenoxy) is 1. The molecule has 2 heterocycles. The second-order valence-corrected chi connectivity index (χ2v) is 5.47. The van der Waals surface area contributed by atoms with E-state index < -0.39 is 0 Å². The van der Waals surface area contributed by atoms with Gasteiger partial charge in [0.05, 0.1) is 12.6 Å². The maximum absolute atomic E-state index is 6.13. The van der Waals surface area contributed by atoms with Gasteiger partial charge in [-0.25, -0.2) is 4.98 Å². The number of aryl methyl sites for hydroxylation is 1. The van der Waals surface area contributed by atoms with Crippen LogP contribution in [0.5, 0.6) is 0 Å². The van der Waals surface area contributed by atoms with Gasteiger partial charge in [-0.2, -0.15) is 0 Å². The Labute approximate surface area is 130 Å². The van der Waals surface area contributed by atoms with Gasteiger partial charge in [-0.1, -0.05) is 25.1 Å². The molecule has 0 aliphatic rings. The maximum atomic E-state index is 6.13. The third kappa shape index (κ3) is 2.75. The highest BCUT2D eigenvalue weighted by molar-refractivity contribution is 5.84. The molecule has 3 N–H and O–H groups in total. The van der Waals surface area contributed by atoms with Gasteiger partial charge in [0.1, 0.15) is 5.65 Å². The summed E-state index contributed by atoms with van der Waals surface area (Å²) in [5.74, 6) is 0. The molecule has 114 valence electrons. The van der Waals surface area contributed by atoms with Crippen LogP contribution in [-0.4, -0.2) is 23.7 Å². The number of nitrogens with two attached hydrogens (primary N) is 1. The first-order chi connectivity index (χ1) is 10.7. The van der Waals surface area contributed by atoms with Gasteiger partial charge in [-0.3, -0.25) is 0 Å². The van der Waals surface area contributed by atoms with Crippen molar-refractivity contribution < 1.29 is 4.74 Å². The van der Waals surface area contributed by atoms with E-state index in [4.69, 9.17) is 10.5 Å². The summed E-state index contributed by atoms with van der Waals surface area (Å²) in [5, 5.41) is 1.19. The summed E-state index contributed by atoms with van der Waals surface area (Å²) >= 11 is 0. The predicted molar refractivity (Wildman–Crippen MR) is 89.7 cm³/mol. The van der Waals surface area contributed by atoms with E-state index >= 15 is 0 Å². The number of fused-ring (bicyclic) bond motifs is 1. The lowest BCUT2D eigenvalue weighted by Gasteiger charge is -2.12. The van der Waals surface area contributed by atoms with Crippen LogP contribution in [0.1, 0.15) is 24.1 Å². The van der Waals surface area contributed by atoms with E-state index in [0.717, 1.165) is 28.8 Å². The lowest BCUT2D eigenvalue weighted by molar-refractivity contribution is 0.181. The van der Waals surface area contributed by atoms with Gasteiger partial charge in [-0.05, 0) is 35.2 Å². The number of methoxy groups -OCH3 is 1. The van der Waals surface area contributed by atoms with Gasteiger partial charge in [0, 0.05) is 30.5 Å². The molecule has 3 rings (SSSR count). The van der Waals surface area contributed by atoms with Crippen molar-refractivity contribution in [3.05, 3.63) is 53.9 Å². The lowest BCUT2D eigenvalue weighted by Crippen LogP contribution is -2.15. The first kappa shape index (κ1) is 14.8. The number of aromatic amines is 1. The van der Waals surface area contributed by atoms with Crippen LogP contribution < -0.4 is 5.73 Å². The molecule has 0 aliphatic carbocycles. The number of H-pyrrole nitrogens is 1. The standard InChI is InChI=1S/C18H21N3O/c1-3-12-9-20-18-16(12)8-15(10-21-18)13-5-4-6-14(7-13)17(19)11-22-2/h4-10,17H,3,11,19H2,1-2H3,(H,20,21). The zero-order valence-electron chi connectivity index (χ0n) is 13.0. The molecule has 0 saturated carbocycles. The number of pyridine rings is 1. The monoisotopic (exact) mass is 295 g/mol. The highest BCUT2D eigenvalue weighted by Crippen LogP contribution is 2.26. The molecule has 2 aromatic heterocycles. The van der Waals surface area contributed by atoms with Crippen molar-refractivity contribution in [1.82, 2.24) is 9.97 Å². The Morgan fingerprint density at radius 1 is 1.27 bits per heavy atom. The molecule has 0 radical (unpaired) electrons. The molecule has 1 atom stereocenters. The quantitative estimate of drug-likeness (QED) is 0.758. The number of nitrogens with zero attached hydrogens (tertiary/aromatic N) is 1. The van der Waals surface area contributed by atoms with Crippen LogP contribution in [0.25, 0.3) is 22.2 Å². The molecule has 0 bridgehead atoms. The largest absolute Gasteiger partial charge is 0.383 e. The average molecular weight is 295 g/mol. The summed E-state index contributed by atoms with van der Waals surface area (Å²) in [6.45, 7) is 2.66. The van der Waals surface area contributed by atoms with Crippen LogP contribution in [0.2, 0.25) is 0 Å². The molecular formula is C18H21N3O. The molecule has 0 spiro atoms. The predicted octanol–water partition coefficient (Wildman–Crippen LogP) is 3.44. The fourth-order valence-electron chi connectivity index (χ4n) is 2.73. The number of hydrogen-bond donors (Lipinski definition) is 2. The highest BCUT2D eigenvalue weighted by Gasteiger charge is 2.09. The van der Waals surface area contributed by atoms with E-state index in [1.165, 1.54) is 10.9 Å². The number of nitrogens with one attached hydrogen (secondary N) is 1. The van der Waals surface area contributed by atoms with Crippen molar-refractivity contribution in [3.8, 4) is 11.1 Å². The third-order valence-electron chi connectivity index (χ3n) is 3.99. The van der Waals surface area contributed by atoms with Crippen molar-refractivity contribution in [2.75, 3.05) is 13.7 Å². The van der Waals surface area contributed by atoms with Crippen LogP contribution in [0, 0.1) is 0 Å². The van der Waals surface area contributed by atoms with E-state index in [1.807, 2.05) is 24.5 Å². The van der Waals surface area contributed by atoms with Crippen molar-refractivity contribution >= 4 is 11.0 Å². The van der Waals surface area contributed by atoms with Gasteiger partial charge >= 0.3 is 0 Å². The van der Waals surface area contributed by atoms with Gasteiger partial charge in [0.15, 0.2) is 0 Å². The minimum atomic E-state index is -0.111. The Kier molecular flexibility index (Phi) is 4.22. The van der Waals surface area contributed by atoms with Gasteiger partial charge in [-0.15, -0.1) is 0 Å². The summed E-state index contributed by atoms with van der Waals surface area (Å²) in [4.78, 5) is 7.74. The molecule has 1 aromatic carbocycles. The Balaban J connectivity index is 2.01. The zero-order chi connectivity index (χ0) is 15.5. The highest BCUT2D eigenvalue weighted by atomic mass is 16.5. The van der Waals surface area contributed by atoms with Crippen molar-refractivity contribution in [1.29, 1.82) is 0 Å². The molecule has 1 unspecified atom stereocenters. The van der Waals surface area contributed by atoms with Gasteiger partial charge < -0.3 is 15.5 Å². The summed E-state index contributed by atoms with van der Waals surface area (Å²) in [6.07, 6.45) is 4.93. The smallest absolute Gasteiger partial charge is 0.137 e. The lowest BCUT2D eigenvalue weighted by atomic mass is 10.00. The van der Waals surface area contributed by atoms with Gasteiger partial charge in [0.2, 0.25) is 0 Å². The molecule has 3 aromatic rings. The first-order valence-electron chi connectivity index (χ1n) is 7.53. The van der Waals surface area contributed by atoms with Crippen LogP contribution in [0.4, 0.5) is 0 Å². The van der Waals surface area contributed by atoms with Crippen LogP contribution in [0.3, 0.4) is 0 Å². The molecule has 0 aliphatic heterocycles. The van der Waals surface area contributed by atoms with E-state index in [-0.39, 0.29) is 6.04 Å². The molecule has 4 nitrogen and oxygen atoms in total. The fourth-order valence-corrected chi connectivity index (χ4v) is 2.73. The van der Waals surface area contributed by atoms with Crippen LogP contribution >= 0.6 is 0 Å². The first-order valence-corrected chi connectivity index (χ1v) is 7.53. The molecular weight excluding hydrogens is 274 g/mol. The fraction of sp³-hybridized carbons (Fsp3) is 0.278. The molecule has 4 heteroatoms. The molecule has 0 fully saturated rings. The third-order valence-corrected chi connectivity index (χ3v) is 3.99. The minimum absolute atomic E-state index is 0.111. The number of rotatable bonds is 5. The van der Waals surface area contributed by atoms with E-state index in [0.29, 0.717) is 6.61 Å². The van der Waals surface area contributed by atoms with E-state index in [9.17, 15) is 0 Å². The van der Waals surface area contributed by atoms with E-state index in [2.05, 4.69) is 35.1 Å². The summed E-state index contributed by atoms with van der Waals surface area (Å²) < 4.78 is 5.14. The Morgan fingerprint density at radius 2 is 2.14 bits per heavy atom. The number of aromatic nitrogens is 2. The Hall–Kier alpha value is -2.17. The second-order valence-electron chi connectivity index (χ2n) is 5.47. The topological polar surface area (TPSA) is 63.9 Å². The average Bonchev–Trinajstić information content (AvgIpc) is 2.97. The second kappa shape index (κ2) is 6.30.